The highest BCUT2D eigenvalue weighted by molar-refractivity contribution is 8.15. The standard InChI is InChI=1S/C22H25N3O3S2/c1-3-16-7-9-18(10-8-16)25(12-21(26)23-17-6-4-5-15(2)11-17)22-24-19-13-30(27,28)14-20(19)29-22/h4-11,19-20H,3,12-14H2,1-2H3,(H,23,26). The molecule has 1 amide bonds. The second-order valence-electron chi connectivity index (χ2n) is 7.74. The number of nitrogens with one attached hydrogen (secondary N) is 1. The zero-order chi connectivity index (χ0) is 21.3. The van der Waals surface area contributed by atoms with Crippen LogP contribution in [-0.4, -0.2) is 48.8 Å². The molecule has 1 fully saturated rings. The maximum Gasteiger partial charge on any atom is 0.244 e. The summed E-state index contributed by atoms with van der Waals surface area (Å²) < 4.78 is 23.8. The first-order valence-electron chi connectivity index (χ1n) is 10.0. The molecule has 2 heterocycles. The van der Waals surface area contributed by atoms with Gasteiger partial charge in [-0.25, -0.2) is 8.42 Å². The first kappa shape index (κ1) is 20.9. The van der Waals surface area contributed by atoms with E-state index in [4.69, 9.17) is 0 Å². The molecule has 0 radical (unpaired) electrons. The average Bonchev–Trinajstić information content (AvgIpc) is 3.19. The topological polar surface area (TPSA) is 78.8 Å². The van der Waals surface area contributed by atoms with E-state index in [0.717, 1.165) is 23.4 Å². The van der Waals surface area contributed by atoms with Crippen LogP contribution >= 0.6 is 11.8 Å². The van der Waals surface area contributed by atoms with Crippen LogP contribution in [0.3, 0.4) is 0 Å². The molecule has 1 saturated heterocycles. The average molecular weight is 444 g/mol. The van der Waals surface area contributed by atoms with Gasteiger partial charge in [0.05, 0.1) is 17.5 Å². The van der Waals surface area contributed by atoms with Crippen molar-refractivity contribution >= 4 is 44.0 Å². The van der Waals surface area contributed by atoms with E-state index in [-0.39, 0.29) is 35.2 Å². The molecule has 0 bridgehead atoms. The Morgan fingerprint density at radius 2 is 1.97 bits per heavy atom. The summed E-state index contributed by atoms with van der Waals surface area (Å²) in [6.07, 6.45) is 0.936. The zero-order valence-electron chi connectivity index (χ0n) is 17.0. The quantitative estimate of drug-likeness (QED) is 0.767. The lowest BCUT2D eigenvalue weighted by Gasteiger charge is -2.24. The molecule has 2 atom stereocenters. The van der Waals surface area contributed by atoms with Gasteiger partial charge in [-0.05, 0) is 48.7 Å². The molecule has 6 nitrogen and oxygen atoms in total. The van der Waals surface area contributed by atoms with Crippen molar-refractivity contribution in [1.82, 2.24) is 0 Å². The minimum absolute atomic E-state index is 0.0674. The Morgan fingerprint density at radius 1 is 1.20 bits per heavy atom. The molecule has 8 heteroatoms. The largest absolute Gasteiger partial charge is 0.325 e. The third-order valence-corrected chi connectivity index (χ3v) is 8.54. The molecular formula is C22H25N3O3S2. The van der Waals surface area contributed by atoms with Gasteiger partial charge in [-0.15, -0.1) is 0 Å². The molecule has 0 aliphatic carbocycles. The molecule has 2 aromatic rings. The van der Waals surface area contributed by atoms with Gasteiger partial charge >= 0.3 is 0 Å². The van der Waals surface area contributed by atoms with Crippen LogP contribution in [0.4, 0.5) is 11.4 Å². The van der Waals surface area contributed by atoms with Crippen LogP contribution in [0.1, 0.15) is 18.1 Å². The first-order chi connectivity index (χ1) is 14.3. The molecule has 30 heavy (non-hydrogen) atoms. The summed E-state index contributed by atoms with van der Waals surface area (Å²) in [4.78, 5) is 19.4. The number of amidine groups is 1. The van der Waals surface area contributed by atoms with Crippen LogP contribution in [0.2, 0.25) is 0 Å². The maximum absolute atomic E-state index is 12.8. The smallest absolute Gasteiger partial charge is 0.244 e. The number of rotatable bonds is 5. The van der Waals surface area contributed by atoms with Gasteiger partial charge in [0, 0.05) is 16.6 Å². The second kappa shape index (κ2) is 8.43. The molecule has 2 aliphatic rings. The van der Waals surface area contributed by atoms with E-state index < -0.39 is 9.84 Å². The number of amides is 1. The first-order valence-corrected chi connectivity index (χ1v) is 12.7. The van der Waals surface area contributed by atoms with Crippen LogP contribution in [0.15, 0.2) is 53.5 Å². The molecule has 2 aliphatic heterocycles. The summed E-state index contributed by atoms with van der Waals surface area (Å²) in [6.45, 7) is 4.19. The monoisotopic (exact) mass is 443 g/mol. The Kier molecular flexibility index (Phi) is 5.88. The molecule has 0 saturated carbocycles. The number of aliphatic imine (C=N–C) groups is 1. The molecule has 1 N–H and O–H groups in total. The normalized spacial score (nSPS) is 21.7. The van der Waals surface area contributed by atoms with Gasteiger partial charge in [0.1, 0.15) is 6.54 Å². The summed E-state index contributed by atoms with van der Waals surface area (Å²) in [6, 6.07) is 15.5. The van der Waals surface area contributed by atoms with E-state index in [9.17, 15) is 13.2 Å². The summed E-state index contributed by atoms with van der Waals surface area (Å²) in [5.74, 6) is 0.0906. The van der Waals surface area contributed by atoms with Gasteiger partial charge in [-0.3, -0.25) is 9.79 Å². The minimum Gasteiger partial charge on any atom is -0.325 e. The van der Waals surface area contributed by atoms with Crippen molar-refractivity contribution in [2.24, 2.45) is 4.99 Å². The highest BCUT2D eigenvalue weighted by Gasteiger charge is 2.44. The van der Waals surface area contributed by atoms with Crippen molar-refractivity contribution in [1.29, 1.82) is 0 Å². The van der Waals surface area contributed by atoms with Gasteiger partial charge < -0.3 is 10.2 Å². The zero-order valence-corrected chi connectivity index (χ0v) is 18.7. The second-order valence-corrected chi connectivity index (χ2v) is 11.1. The maximum atomic E-state index is 12.8. The van der Waals surface area contributed by atoms with Crippen molar-refractivity contribution in [3.63, 3.8) is 0 Å². The number of thioether (sulfide) groups is 1. The third kappa shape index (κ3) is 4.70. The highest BCUT2D eigenvalue weighted by atomic mass is 32.2. The van der Waals surface area contributed by atoms with Gasteiger partial charge in [-0.1, -0.05) is 43.0 Å². The summed E-state index contributed by atoms with van der Waals surface area (Å²) >= 11 is 1.46. The fourth-order valence-electron chi connectivity index (χ4n) is 3.72. The lowest BCUT2D eigenvalue weighted by atomic mass is 10.1. The number of hydrogen-bond donors (Lipinski definition) is 1. The van der Waals surface area contributed by atoms with E-state index in [1.165, 1.54) is 17.3 Å². The fourth-order valence-corrected chi connectivity index (χ4v) is 7.50. The lowest BCUT2D eigenvalue weighted by Crippen LogP contribution is -2.36. The van der Waals surface area contributed by atoms with E-state index >= 15 is 0 Å². The van der Waals surface area contributed by atoms with Gasteiger partial charge in [0.2, 0.25) is 5.91 Å². The summed E-state index contributed by atoms with van der Waals surface area (Å²) in [5, 5.41) is 3.60. The summed E-state index contributed by atoms with van der Waals surface area (Å²) in [5.41, 5.74) is 3.92. The SMILES string of the molecule is CCc1ccc(N(CC(=O)Nc2cccc(C)c2)C2=NC3CS(=O)(=O)CC3S2)cc1. The number of sulfone groups is 1. The fraction of sp³-hybridized carbons (Fsp3) is 0.364. The van der Waals surface area contributed by atoms with Gasteiger partial charge in [-0.2, -0.15) is 0 Å². The van der Waals surface area contributed by atoms with Crippen LogP contribution < -0.4 is 10.2 Å². The molecular weight excluding hydrogens is 418 g/mol. The number of carbonyl (C=O) groups is 1. The Labute approximate surface area is 181 Å². The molecule has 4 rings (SSSR count). The number of carbonyl (C=O) groups excluding carboxylic acids is 1. The van der Waals surface area contributed by atoms with Crippen LogP contribution in [0, 0.1) is 6.92 Å². The number of nitrogens with zero attached hydrogens (tertiary/aromatic N) is 2. The van der Waals surface area contributed by atoms with E-state index in [2.05, 4.69) is 17.2 Å². The third-order valence-electron chi connectivity index (χ3n) is 5.30. The van der Waals surface area contributed by atoms with Crippen LogP contribution in [-0.2, 0) is 21.1 Å². The Balaban J connectivity index is 1.57. The number of benzene rings is 2. The number of hydrogen-bond acceptors (Lipinski definition) is 6. The number of anilines is 2. The highest BCUT2D eigenvalue weighted by Crippen LogP contribution is 2.36. The Bertz CT molecular complexity index is 1080. The van der Waals surface area contributed by atoms with Crippen LogP contribution in [0.5, 0.6) is 0 Å². The predicted octanol–water partition coefficient (Wildman–Crippen LogP) is 3.27. The van der Waals surface area contributed by atoms with Crippen molar-refractivity contribution < 1.29 is 13.2 Å². The van der Waals surface area contributed by atoms with E-state index in [0.29, 0.717) is 5.17 Å². The van der Waals surface area contributed by atoms with E-state index in [1.807, 2.05) is 60.4 Å². The van der Waals surface area contributed by atoms with Crippen molar-refractivity contribution in [2.45, 2.75) is 31.6 Å². The van der Waals surface area contributed by atoms with Gasteiger partial charge in [0.15, 0.2) is 15.0 Å². The summed E-state index contributed by atoms with van der Waals surface area (Å²) in [7, 11) is -3.02. The minimum atomic E-state index is -3.02. The molecule has 158 valence electrons. The number of fused-ring (bicyclic) bond motifs is 1. The van der Waals surface area contributed by atoms with E-state index in [1.54, 1.807) is 0 Å². The predicted molar refractivity (Wildman–Crippen MR) is 124 cm³/mol. The molecule has 2 aromatic carbocycles. The Morgan fingerprint density at radius 3 is 2.63 bits per heavy atom. The molecule has 2 unspecified atom stereocenters. The molecule has 0 spiro atoms. The van der Waals surface area contributed by atoms with Crippen molar-refractivity contribution in [2.75, 3.05) is 28.3 Å². The number of aryl methyl sites for hydroxylation is 2. The van der Waals surface area contributed by atoms with Crippen LogP contribution in [0.25, 0.3) is 0 Å². The lowest BCUT2D eigenvalue weighted by molar-refractivity contribution is -0.114. The van der Waals surface area contributed by atoms with Crippen molar-refractivity contribution in [3.8, 4) is 0 Å². The molecule has 0 aromatic heterocycles. The van der Waals surface area contributed by atoms with Gasteiger partial charge in [0.25, 0.3) is 0 Å². The van der Waals surface area contributed by atoms with Crippen molar-refractivity contribution in [3.05, 3.63) is 59.7 Å². The Hall–Kier alpha value is -2.32.